The van der Waals surface area contributed by atoms with Crippen LogP contribution in [0.4, 0.5) is 0 Å². The van der Waals surface area contributed by atoms with Crippen molar-refractivity contribution in [2.75, 3.05) is 19.6 Å². The quantitative estimate of drug-likeness (QED) is 0.794. The Labute approximate surface area is 143 Å². The van der Waals surface area contributed by atoms with Crippen LogP contribution in [0.3, 0.4) is 0 Å². The second-order valence-corrected chi connectivity index (χ2v) is 6.37. The van der Waals surface area contributed by atoms with Crippen LogP contribution in [-0.2, 0) is 17.8 Å². The van der Waals surface area contributed by atoms with Gasteiger partial charge in [0.1, 0.15) is 5.76 Å². The van der Waals surface area contributed by atoms with E-state index in [1.54, 1.807) is 6.26 Å². The molecule has 0 bridgehead atoms. The van der Waals surface area contributed by atoms with Gasteiger partial charge in [-0.15, -0.1) is 0 Å². The van der Waals surface area contributed by atoms with E-state index in [1.165, 1.54) is 0 Å². The van der Waals surface area contributed by atoms with E-state index < -0.39 is 0 Å². The highest BCUT2D eigenvalue weighted by atomic mass is 16.3. The lowest BCUT2D eigenvalue weighted by molar-refractivity contribution is -0.126. The van der Waals surface area contributed by atoms with Gasteiger partial charge >= 0.3 is 0 Å². The van der Waals surface area contributed by atoms with Crippen molar-refractivity contribution < 1.29 is 9.21 Å². The lowest BCUT2D eigenvalue weighted by atomic mass is 9.97. The molecule has 2 aromatic heterocycles. The van der Waals surface area contributed by atoms with E-state index in [-0.39, 0.29) is 11.8 Å². The predicted molar refractivity (Wildman–Crippen MR) is 92.3 cm³/mol. The maximum Gasteiger partial charge on any atom is 0.224 e. The summed E-state index contributed by atoms with van der Waals surface area (Å²) < 4.78 is 5.41. The van der Waals surface area contributed by atoms with Gasteiger partial charge in [-0.25, -0.2) is 0 Å². The number of rotatable bonds is 7. The molecule has 1 aliphatic heterocycles. The van der Waals surface area contributed by atoms with Gasteiger partial charge in [-0.05, 0) is 56.5 Å². The van der Waals surface area contributed by atoms with Crippen LogP contribution in [0.5, 0.6) is 0 Å². The Hall–Kier alpha value is -2.14. The molecule has 3 heterocycles. The smallest absolute Gasteiger partial charge is 0.224 e. The Morgan fingerprint density at radius 3 is 3.08 bits per heavy atom. The summed E-state index contributed by atoms with van der Waals surface area (Å²) in [6, 6.07) is 9.83. The highest BCUT2D eigenvalue weighted by molar-refractivity contribution is 5.78. The second kappa shape index (κ2) is 8.64. The van der Waals surface area contributed by atoms with Crippen LogP contribution < -0.4 is 5.32 Å². The average Bonchev–Trinajstić information content (AvgIpc) is 3.13. The summed E-state index contributed by atoms with van der Waals surface area (Å²) in [4.78, 5) is 19.0. The lowest BCUT2D eigenvalue weighted by Gasteiger charge is -2.31. The number of nitrogens with zero attached hydrogens (tertiary/aromatic N) is 2. The minimum Gasteiger partial charge on any atom is -0.468 e. The van der Waals surface area contributed by atoms with E-state index in [0.29, 0.717) is 6.54 Å². The number of likely N-dealkylation sites (tertiary alicyclic amines) is 1. The summed E-state index contributed by atoms with van der Waals surface area (Å²) >= 11 is 0. The number of aryl methyl sites for hydroxylation is 1. The predicted octanol–water partition coefficient (Wildman–Crippen LogP) is 2.64. The van der Waals surface area contributed by atoms with Crippen LogP contribution in [0.2, 0.25) is 0 Å². The molecule has 1 atom stereocenters. The van der Waals surface area contributed by atoms with Crippen molar-refractivity contribution in [3.63, 3.8) is 0 Å². The zero-order valence-corrected chi connectivity index (χ0v) is 14.0. The van der Waals surface area contributed by atoms with Crippen LogP contribution >= 0.6 is 0 Å². The molecule has 0 aromatic carbocycles. The van der Waals surface area contributed by atoms with Gasteiger partial charge in [0.15, 0.2) is 0 Å². The van der Waals surface area contributed by atoms with Crippen molar-refractivity contribution in [2.24, 2.45) is 5.92 Å². The van der Waals surface area contributed by atoms with Gasteiger partial charge in [0, 0.05) is 25.0 Å². The van der Waals surface area contributed by atoms with Crippen LogP contribution in [0.25, 0.3) is 0 Å². The van der Waals surface area contributed by atoms with Crippen molar-refractivity contribution in [1.29, 1.82) is 0 Å². The first-order chi connectivity index (χ1) is 11.8. The molecular weight excluding hydrogens is 302 g/mol. The number of piperidine rings is 1. The number of carbonyl (C=O) groups is 1. The van der Waals surface area contributed by atoms with E-state index >= 15 is 0 Å². The third-order valence-corrected chi connectivity index (χ3v) is 4.47. The molecule has 1 amide bonds. The minimum absolute atomic E-state index is 0.0866. The fraction of sp³-hybridized carbons (Fsp3) is 0.474. The van der Waals surface area contributed by atoms with E-state index in [2.05, 4.69) is 15.2 Å². The van der Waals surface area contributed by atoms with Crippen molar-refractivity contribution in [1.82, 2.24) is 15.2 Å². The molecule has 0 aliphatic carbocycles. The van der Waals surface area contributed by atoms with E-state index in [9.17, 15) is 4.79 Å². The molecule has 0 radical (unpaired) electrons. The Morgan fingerprint density at radius 2 is 2.29 bits per heavy atom. The standard InChI is InChI=1S/C19H25N3O2/c23-19(21-11-3-8-17-7-1-2-10-20-17)16-6-4-12-22(14-16)15-18-9-5-13-24-18/h1-2,5,7,9-10,13,16H,3-4,6,8,11-12,14-15H2,(H,21,23). The maximum atomic E-state index is 12.4. The van der Waals surface area contributed by atoms with E-state index in [1.807, 2.05) is 36.5 Å². The van der Waals surface area contributed by atoms with Crippen LogP contribution in [0.15, 0.2) is 47.2 Å². The first-order valence-corrected chi connectivity index (χ1v) is 8.73. The first kappa shape index (κ1) is 16.7. The van der Waals surface area contributed by atoms with Gasteiger partial charge in [-0.3, -0.25) is 14.7 Å². The monoisotopic (exact) mass is 327 g/mol. The van der Waals surface area contributed by atoms with Crippen molar-refractivity contribution in [3.8, 4) is 0 Å². The SMILES string of the molecule is O=C(NCCCc1ccccn1)C1CCCN(Cc2ccco2)C1. The number of hydrogen-bond donors (Lipinski definition) is 1. The molecule has 128 valence electrons. The van der Waals surface area contributed by atoms with Crippen LogP contribution in [0, 0.1) is 5.92 Å². The van der Waals surface area contributed by atoms with Crippen molar-refractivity contribution in [2.45, 2.75) is 32.2 Å². The number of amides is 1. The van der Waals surface area contributed by atoms with Crippen molar-refractivity contribution in [3.05, 3.63) is 54.2 Å². The topological polar surface area (TPSA) is 58.4 Å². The van der Waals surface area contributed by atoms with Gasteiger partial charge in [0.05, 0.1) is 18.7 Å². The molecule has 5 nitrogen and oxygen atoms in total. The summed E-state index contributed by atoms with van der Waals surface area (Å²) in [6.07, 6.45) is 7.37. The lowest BCUT2D eigenvalue weighted by Crippen LogP contribution is -2.42. The second-order valence-electron chi connectivity index (χ2n) is 6.37. The molecule has 24 heavy (non-hydrogen) atoms. The maximum absolute atomic E-state index is 12.4. The van der Waals surface area contributed by atoms with Crippen LogP contribution in [-0.4, -0.2) is 35.4 Å². The average molecular weight is 327 g/mol. The highest BCUT2D eigenvalue weighted by Crippen LogP contribution is 2.19. The minimum atomic E-state index is 0.0866. The zero-order valence-electron chi connectivity index (χ0n) is 14.0. The first-order valence-electron chi connectivity index (χ1n) is 8.73. The molecule has 3 rings (SSSR count). The zero-order chi connectivity index (χ0) is 16.6. The summed E-state index contributed by atoms with van der Waals surface area (Å²) in [5.41, 5.74) is 1.08. The molecule has 2 aromatic rings. The molecule has 5 heteroatoms. The summed E-state index contributed by atoms with van der Waals surface area (Å²) in [7, 11) is 0. The highest BCUT2D eigenvalue weighted by Gasteiger charge is 2.25. The number of hydrogen-bond acceptors (Lipinski definition) is 4. The van der Waals surface area contributed by atoms with Gasteiger partial charge in [-0.1, -0.05) is 6.07 Å². The number of carbonyl (C=O) groups excluding carboxylic acids is 1. The van der Waals surface area contributed by atoms with Crippen LogP contribution in [0.1, 0.15) is 30.7 Å². The van der Waals surface area contributed by atoms with E-state index in [4.69, 9.17) is 4.42 Å². The van der Waals surface area contributed by atoms with Gasteiger partial charge < -0.3 is 9.73 Å². The molecule has 0 spiro atoms. The number of nitrogens with one attached hydrogen (secondary N) is 1. The number of aromatic nitrogens is 1. The summed E-state index contributed by atoms with van der Waals surface area (Å²) in [5, 5.41) is 3.09. The Balaban J connectivity index is 1.38. The fourth-order valence-electron chi connectivity index (χ4n) is 3.21. The molecule has 1 unspecified atom stereocenters. The summed E-state index contributed by atoms with van der Waals surface area (Å²) in [6.45, 7) is 3.34. The van der Waals surface area contributed by atoms with Gasteiger partial charge in [0.2, 0.25) is 5.91 Å². The molecule has 1 N–H and O–H groups in total. The third kappa shape index (κ3) is 4.93. The largest absolute Gasteiger partial charge is 0.468 e. The van der Waals surface area contributed by atoms with Gasteiger partial charge in [0.25, 0.3) is 0 Å². The Morgan fingerprint density at radius 1 is 1.33 bits per heavy atom. The Kier molecular flexibility index (Phi) is 6.01. The summed E-state index contributed by atoms with van der Waals surface area (Å²) in [5.74, 6) is 1.23. The van der Waals surface area contributed by atoms with Crippen molar-refractivity contribution >= 4 is 5.91 Å². The number of furan rings is 1. The molecular formula is C19H25N3O2. The third-order valence-electron chi connectivity index (χ3n) is 4.47. The molecule has 1 saturated heterocycles. The molecule has 1 aliphatic rings. The molecule has 1 fully saturated rings. The fourth-order valence-corrected chi connectivity index (χ4v) is 3.21. The molecule has 0 saturated carbocycles. The van der Waals surface area contributed by atoms with E-state index in [0.717, 1.165) is 56.8 Å². The normalized spacial score (nSPS) is 18.4. The van der Waals surface area contributed by atoms with Gasteiger partial charge in [-0.2, -0.15) is 0 Å². The Bertz CT molecular complexity index is 613. The number of pyridine rings is 1.